The summed E-state index contributed by atoms with van der Waals surface area (Å²) in [5.41, 5.74) is 0.857. The average Bonchev–Trinajstić information content (AvgIpc) is 2.24. The number of hydrogen-bond acceptors (Lipinski definition) is 3. The molecule has 0 bridgehead atoms. The minimum absolute atomic E-state index is 0.134. The maximum absolute atomic E-state index is 11.1. The zero-order valence-electron chi connectivity index (χ0n) is 9.10. The van der Waals surface area contributed by atoms with Crippen molar-refractivity contribution in [3.05, 3.63) is 35.9 Å². The number of nitrogens with one attached hydrogen (secondary N) is 1. The van der Waals surface area contributed by atoms with E-state index in [0.717, 1.165) is 5.56 Å². The number of hydrogen-bond donors (Lipinski definition) is 3. The number of carbonyl (C=O) groups excluding carboxylic acids is 1. The number of phenolic OH excluding ortho intramolecular Hbond substituents is 2. The molecule has 0 heterocycles. The Bertz CT molecular complexity index is 399. The van der Waals surface area contributed by atoms with Gasteiger partial charge in [0, 0.05) is 6.54 Å². The van der Waals surface area contributed by atoms with Gasteiger partial charge in [-0.25, -0.2) is 0 Å². The van der Waals surface area contributed by atoms with Crippen LogP contribution >= 0.6 is 0 Å². The van der Waals surface area contributed by atoms with Crippen LogP contribution in [0.1, 0.15) is 12.5 Å². The van der Waals surface area contributed by atoms with E-state index in [1.807, 2.05) is 0 Å². The van der Waals surface area contributed by atoms with Crippen LogP contribution in [0.2, 0.25) is 0 Å². The van der Waals surface area contributed by atoms with Crippen molar-refractivity contribution in [3.63, 3.8) is 0 Å². The molecule has 4 nitrogen and oxygen atoms in total. The summed E-state index contributed by atoms with van der Waals surface area (Å²) >= 11 is 0. The van der Waals surface area contributed by atoms with Crippen LogP contribution in [-0.2, 0) is 11.2 Å². The highest BCUT2D eigenvalue weighted by atomic mass is 16.3. The van der Waals surface area contributed by atoms with Crippen LogP contribution in [0.5, 0.6) is 11.5 Å². The zero-order valence-corrected chi connectivity index (χ0v) is 9.10. The van der Waals surface area contributed by atoms with Gasteiger partial charge in [0.15, 0.2) is 11.5 Å². The Labute approximate surface area is 94.2 Å². The first-order chi connectivity index (χ1) is 7.63. The average molecular weight is 221 g/mol. The summed E-state index contributed by atoms with van der Waals surface area (Å²) in [6.07, 6.45) is 3.73. The van der Waals surface area contributed by atoms with E-state index in [-0.39, 0.29) is 17.4 Å². The molecule has 16 heavy (non-hydrogen) atoms. The molecule has 1 rings (SSSR count). The second-order valence-electron chi connectivity index (χ2n) is 3.36. The minimum Gasteiger partial charge on any atom is -0.504 e. The molecular weight excluding hydrogens is 206 g/mol. The third kappa shape index (κ3) is 3.65. The number of phenols is 2. The van der Waals surface area contributed by atoms with Crippen molar-refractivity contribution in [2.24, 2.45) is 0 Å². The molecule has 1 aromatic rings. The second kappa shape index (κ2) is 5.80. The van der Waals surface area contributed by atoms with E-state index in [0.29, 0.717) is 13.0 Å². The van der Waals surface area contributed by atoms with E-state index in [1.54, 1.807) is 19.1 Å². The quantitative estimate of drug-likeness (QED) is 0.530. The first-order valence-corrected chi connectivity index (χ1v) is 5.05. The number of rotatable bonds is 4. The van der Waals surface area contributed by atoms with Crippen LogP contribution in [0.15, 0.2) is 30.4 Å². The molecule has 0 aliphatic carbocycles. The Morgan fingerprint density at radius 1 is 1.38 bits per heavy atom. The van der Waals surface area contributed by atoms with E-state index in [9.17, 15) is 9.90 Å². The van der Waals surface area contributed by atoms with Gasteiger partial charge in [0.2, 0.25) is 5.91 Å². The van der Waals surface area contributed by atoms with Crippen LogP contribution in [-0.4, -0.2) is 22.7 Å². The monoisotopic (exact) mass is 221 g/mol. The molecule has 0 saturated carbocycles. The van der Waals surface area contributed by atoms with E-state index in [2.05, 4.69) is 5.32 Å². The summed E-state index contributed by atoms with van der Waals surface area (Å²) in [4.78, 5) is 11.1. The molecule has 3 N–H and O–H groups in total. The molecule has 0 unspecified atom stereocenters. The molecule has 0 aliphatic heterocycles. The molecule has 4 heteroatoms. The van der Waals surface area contributed by atoms with Gasteiger partial charge in [-0.15, -0.1) is 0 Å². The fourth-order valence-electron chi connectivity index (χ4n) is 1.26. The van der Waals surface area contributed by atoms with Gasteiger partial charge in [-0.2, -0.15) is 0 Å². The Kier molecular flexibility index (Phi) is 4.39. The molecule has 0 atom stereocenters. The molecule has 0 saturated heterocycles. The summed E-state index contributed by atoms with van der Waals surface area (Å²) in [7, 11) is 0. The highest BCUT2D eigenvalue weighted by Gasteiger charge is 2.01. The SMILES string of the molecule is CC=CC(=O)NCCc1ccc(O)c(O)c1. The number of benzene rings is 1. The standard InChI is InChI=1S/C12H15NO3/c1-2-3-12(16)13-7-6-9-4-5-10(14)11(15)8-9/h2-5,8,14-15H,6-7H2,1H3,(H,13,16). The maximum Gasteiger partial charge on any atom is 0.243 e. The van der Waals surface area contributed by atoms with Crippen LogP contribution in [0.4, 0.5) is 0 Å². The van der Waals surface area contributed by atoms with Gasteiger partial charge in [0.05, 0.1) is 0 Å². The normalized spacial score (nSPS) is 10.6. The van der Waals surface area contributed by atoms with Gasteiger partial charge in [0.1, 0.15) is 0 Å². The Hall–Kier alpha value is -1.97. The molecule has 0 fully saturated rings. The Balaban J connectivity index is 2.43. The molecular formula is C12H15NO3. The van der Waals surface area contributed by atoms with Crippen molar-refractivity contribution in [2.75, 3.05) is 6.54 Å². The molecule has 1 amide bonds. The number of aromatic hydroxyl groups is 2. The van der Waals surface area contributed by atoms with Crippen LogP contribution in [0.25, 0.3) is 0 Å². The summed E-state index contributed by atoms with van der Waals surface area (Å²) in [5.74, 6) is -0.413. The molecule has 86 valence electrons. The lowest BCUT2D eigenvalue weighted by Crippen LogP contribution is -2.23. The molecule has 1 aromatic carbocycles. The van der Waals surface area contributed by atoms with Gasteiger partial charge >= 0.3 is 0 Å². The molecule has 0 spiro atoms. The summed E-state index contributed by atoms with van der Waals surface area (Å²) < 4.78 is 0. The number of amides is 1. The van der Waals surface area contributed by atoms with Crippen molar-refractivity contribution in [1.29, 1.82) is 0 Å². The highest BCUT2D eigenvalue weighted by Crippen LogP contribution is 2.24. The fourth-order valence-corrected chi connectivity index (χ4v) is 1.26. The number of carbonyl (C=O) groups is 1. The van der Waals surface area contributed by atoms with E-state index < -0.39 is 0 Å². The first kappa shape index (κ1) is 12.1. The van der Waals surface area contributed by atoms with Gasteiger partial charge < -0.3 is 15.5 Å². The lowest BCUT2D eigenvalue weighted by molar-refractivity contribution is -0.116. The third-order valence-corrected chi connectivity index (χ3v) is 2.07. The smallest absolute Gasteiger partial charge is 0.243 e. The predicted octanol–water partition coefficient (Wildman–Crippen LogP) is 1.33. The zero-order chi connectivity index (χ0) is 12.0. The third-order valence-electron chi connectivity index (χ3n) is 2.07. The van der Waals surface area contributed by atoms with Gasteiger partial charge in [-0.1, -0.05) is 12.1 Å². The summed E-state index contributed by atoms with van der Waals surface area (Å²) in [5, 5.41) is 21.0. The Morgan fingerprint density at radius 2 is 2.12 bits per heavy atom. The van der Waals surface area contributed by atoms with Crippen molar-refractivity contribution in [3.8, 4) is 11.5 Å². The summed E-state index contributed by atoms with van der Waals surface area (Å²) in [6, 6.07) is 4.62. The van der Waals surface area contributed by atoms with Crippen LogP contribution in [0.3, 0.4) is 0 Å². The topological polar surface area (TPSA) is 69.6 Å². The van der Waals surface area contributed by atoms with E-state index in [4.69, 9.17) is 5.11 Å². The van der Waals surface area contributed by atoms with Crippen molar-refractivity contribution < 1.29 is 15.0 Å². The van der Waals surface area contributed by atoms with Gasteiger partial charge in [0.25, 0.3) is 0 Å². The predicted molar refractivity (Wildman–Crippen MR) is 61.3 cm³/mol. The minimum atomic E-state index is -0.141. The van der Waals surface area contributed by atoms with Crippen molar-refractivity contribution in [2.45, 2.75) is 13.3 Å². The first-order valence-electron chi connectivity index (χ1n) is 5.05. The van der Waals surface area contributed by atoms with Crippen molar-refractivity contribution >= 4 is 5.91 Å². The van der Waals surface area contributed by atoms with Gasteiger partial charge in [-0.05, 0) is 37.1 Å². The highest BCUT2D eigenvalue weighted by molar-refractivity contribution is 5.87. The number of allylic oxidation sites excluding steroid dienone is 1. The second-order valence-corrected chi connectivity index (χ2v) is 3.36. The van der Waals surface area contributed by atoms with E-state index >= 15 is 0 Å². The van der Waals surface area contributed by atoms with Gasteiger partial charge in [-0.3, -0.25) is 4.79 Å². The van der Waals surface area contributed by atoms with Crippen LogP contribution in [0, 0.1) is 0 Å². The molecule has 0 aliphatic rings. The lowest BCUT2D eigenvalue weighted by atomic mass is 10.1. The molecule has 0 aromatic heterocycles. The lowest BCUT2D eigenvalue weighted by Gasteiger charge is -2.04. The summed E-state index contributed by atoms with van der Waals surface area (Å²) in [6.45, 7) is 2.27. The van der Waals surface area contributed by atoms with E-state index in [1.165, 1.54) is 18.2 Å². The molecule has 0 radical (unpaired) electrons. The largest absolute Gasteiger partial charge is 0.504 e. The Morgan fingerprint density at radius 3 is 2.75 bits per heavy atom. The fraction of sp³-hybridized carbons (Fsp3) is 0.250. The maximum atomic E-state index is 11.1. The van der Waals surface area contributed by atoms with Crippen molar-refractivity contribution in [1.82, 2.24) is 5.32 Å². The van der Waals surface area contributed by atoms with Crippen LogP contribution < -0.4 is 5.32 Å².